The van der Waals surface area contributed by atoms with Crippen LogP contribution >= 0.6 is 0 Å². The van der Waals surface area contributed by atoms with E-state index in [4.69, 9.17) is 20.9 Å². The van der Waals surface area contributed by atoms with Crippen LogP contribution < -0.4 is 16.2 Å². The van der Waals surface area contributed by atoms with Crippen LogP contribution in [-0.4, -0.2) is 46.3 Å². The van der Waals surface area contributed by atoms with E-state index in [-0.39, 0.29) is 12.0 Å². The zero-order chi connectivity index (χ0) is 20.5. The third kappa shape index (κ3) is 4.74. The molecule has 0 atom stereocenters. The molecular formula is C20H29N5O3. The van der Waals surface area contributed by atoms with Gasteiger partial charge < -0.3 is 25.8 Å². The monoisotopic (exact) mass is 387 g/mol. The number of carbonyl (C=O) groups excluding carboxylic acids is 1. The van der Waals surface area contributed by atoms with E-state index >= 15 is 0 Å². The van der Waals surface area contributed by atoms with E-state index in [0.29, 0.717) is 48.1 Å². The number of nitrogen functional groups attached to an aromatic ring is 2. The molecule has 0 unspecified atom stereocenters. The number of carbonyl (C=O) groups is 1. The largest absolute Gasteiger partial charge is 0.492 e. The number of hydrogen-bond donors (Lipinski definition) is 2. The molecule has 0 bridgehead atoms. The molecular weight excluding hydrogens is 358 g/mol. The van der Waals surface area contributed by atoms with E-state index in [1.165, 1.54) is 0 Å². The second-order valence-corrected chi connectivity index (χ2v) is 8.35. The third-order valence-electron chi connectivity index (χ3n) is 4.69. The van der Waals surface area contributed by atoms with Crippen molar-refractivity contribution in [2.45, 2.75) is 46.1 Å². The van der Waals surface area contributed by atoms with E-state index in [1.807, 2.05) is 39.8 Å². The fraction of sp³-hybridized carbons (Fsp3) is 0.550. The first-order valence-corrected chi connectivity index (χ1v) is 9.56. The lowest BCUT2D eigenvalue weighted by Crippen LogP contribution is -2.42. The molecule has 8 nitrogen and oxygen atoms in total. The number of nitrogens with two attached hydrogens (primary N) is 2. The Morgan fingerprint density at radius 3 is 2.54 bits per heavy atom. The fourth-order valence-corrected chi connectivity index (χ4v) is 3.34. The number of nitrogens with zero attached hydrogens (tertiary/aromatic N) is 3. The number of piperidine rings is 1. The average Bonchev–Trinajstić information content (AvgIpc) is 2.57. The second kappa shape index (κ2) is 7.69. The first-order valence-electron chi connectivity index (χ1n) is 9.56. The Morgan fingerprint density at radius 2 is 1.89 bits per heavy atom. The summed E-state index contributed by atoms with van der Waals surface area (Å²) >= 11 is 0. The van der Waals surface area contributed by atoms with Crippen molar-refractivity contribution in [3.63, 3.8) is 0 Å². The summed E-state index contributed by atoms with van der Waals surface area (Å²) in [5, 5.41) is 0.686. The number of amides is 1. The minimum atomic E-state index is -0.478. The van der Waals surface area contributed by atoms with Crippen LogP contribution in [0.15, 0.2) is 12.1 Å². The zero-order valence-electron chi connectivity index (χ0n) is 17.0. The molecule has 1 amide bonds. The van der Waals surface area contributed by atoms with Crippen LogP contribution in [0.25, 0.3) is 10.9 Å². The molecule has 1 saturated heterocycles. The highest BCUT2D eigenvalue weighted by atomic mass is 16.6. The number of likely N-dealkylation sites (tertiary alicyclic amines) is 1. The molecule has 1 aliphatic heterocycles. The first kappa shape index (κ1) is 20.0. The molecule has 1 fully saturated rings. The molecule has 2 aromatic rings. The van der Waals surface area contributed by atoms with Crippen LogP contribution in [0, 0.1) is 12.8 Å². The van der Waals surface area contributed by atoms with Gasteiger partial charge in [0.2, 0.25) is 5.95 Å². The summed E-state index contributed by atoms with van der Waals surface area (Å²) in [5.41, 5.74) is 13.0. The normalized spacial score (nSPS) is 15.6. The number of ether oxygens (including phenoxy) is 2. The van der Waals surface area contributed by atoms with Crippen molar-refractivity contribution < 1.29 is 14.3 Å². The Bertz CT molecular complexity index is 865. The maximum atomic E-state index is 12.2. The number of aryl methyl sites for hydroxylation is 1. The highest BCUT2D eigenvalue weighted by molar-refractivity contribution is 5.94. The van der Waals surface area contributed by atoms with Crippen LogP contribution in [0.3, 0.4) is 0 Å². The van der Waals surface area contributed by atoms with Gasteiger partial charge in [0.1, 0.15) is 17.2 Å². The van der Waals surface area contributed by atoms with Crippen molar-refractivity contribution in [1.29, 1.82) is 0 Å². The molecule has 28 heavy (non-hydrogen) atoms. The van der Waals surface area contributed by atoms with Gasteiger partial charge in [-0.05, 0) is 64.2 Å². The van der Waals surface area contributed by atoms with Gasteiger partial charge in [-0.15, -0.1) is 0 Å². The van der Waals surface area contributed by atoms with Gasteiger partial charge in [-0.2, -0.15) is 4.98 Å². The van der Waals surface area contributed by atoms with E-state index in [2.05, 4.69) is 9.97 Å². The highest BCUT2D eigenvalue weighted by Gasteiger charge is 2.27. The predicted molar refractivity (Wildman–Crippen MR) is 109 cm³/mol. The Morgan fingerprint density at radius 1 is 1.21 bits per heavy atom. The van der Waals surface area contributed by atoms with Crippen molar-refractivity contribution in [3.8, 4) is 5.75 Å². The van der Waals surface area contributed by atoms with E-state index < -0.39 is 5.60 Å². The van der Waals surface area contributed by atoms with Gasteiger partial charge in [-0.1, -0.05) is 0 Å². The number of aromatic nitrogens is 2. The number of fused-ring (bicyclic) bond motifs is 1. The van der Waals surface area contributed by atoms with Crippen molar-refractivity contribution >= 4 is 28.8 Å². The first-order chi connectivity index (χ1) is 13.1. The number of hydrogen-bond acceptors (Lipinski definition) is 7. The Hall–Kier alpha value is -2.77. The molecule has 4 N–H and O–H groups in total. The Balaban J connectivity index is 1.62. The minimum absolute atomic E-state index is 0.149. The second-order valence-electron chi connectivity index (χ2n) is 8.35. The van der Waals surface area contributed by atoms with Gasteiger partial charge in [0.05, 0.1) is 17.5 Å². The summed E-state index contributed by atoms with van der Waals surface area (Å²) in [5.74, 6) is 1.49. The maximum absolute atomic E-state index is 12.2. The average molecular weight is 387 g/mol. The molecule has 0 spiro atoms. The summed E-state index contributed by atoms with van der Waals surface area (Å²) in [4.78, 5) is 22.3. The standard InChI is InChI=1S/C20H29N5O3/c1-12-9-14-16(17(21)24-18(22)23-14)15(10-12)27-11-13-5-7-25(8-6-13)19(26)28-20(2,3)4/h9-10,13H,5-8,11H2,1-4H3,(H4,21,22,23,24). The summed E-state index contributed by atoms with van der Waals surface area (Å²) in [6, 6.07) is 3.85. The Labute approximate surface area is 165 Å². The van der Waals surface area contributed by atoms with E-state index in [0.717, 1.165) is 18.4 Å². The van der Waals surface area contributed by atoms with Crippen LogP contribution in [0.2, 0.25) is 0 Å². The summed E-state index contributed by atoms with van der Waals surface area (Å²) in [6.45, 7) is 9.48. The molecule has 0 saturated carbocycles. The Kier molecular flexibility index (Phi) is 5.49. The van der Waals surface area contributed by atoms with Crippen molar-refractivity contribution in [1.82, 2.24) is 14.9 Å². The van der Waals surface area contributed by atoms with Gasteiger partial charge >= 0.3 is 6.09 Å². The molecule has 1 aliphatic rings. The fourth-order valence-electron chi connectivity index (χ4n) is 3.34. The molecule has 0 radical (unpaired) electrons. The van der Waals surface area contributed by atoms with Crippen molar-refractivity contribution in [3.05, 3.63) is 17.7 Å². The van der Waals surface area contributed by atoms with Crippen LogP contribution in [0.5, 0.6) is 5.75 Å². The van der Waals surface area contributed by atoms with E-state index in [1.54, 1.807) is 4.90 Å². The summed E-state index contributed by atoms with van der Waals surface area (Å²) < 4.78 is 11.5. The lowest BCUT2D eigenvalue weighted by molar-refractivity contribution is 0.0165. The molecule has 1 aromatic carbocycles. The molecule has 2 heterocycles. The van der Waals surface area contributed by atoms with Gasteiger partial charge in [-0.25, -0.2) is 9.78 Å². The number of rotatable bonds is 3. The molecule has 0 aliphatic carbocycles. The highest BCUT2D eigenvalue weighted by Crippen LogP contribution is 2.32. The third-order valence-corrected chi connectivity index (χ3v) is 4.69. The smallest absolute Gasteiger partial charge is 0.410 e. The van der Waals surface area contributed by atoms with Gasteiger partial charge in [-0.3, -0.25) is 0 Å². The SMILES string of the molecule is Cc1cc(OCC2CCN(C(=O)OC(C)(C)C)CC2)c2c(N)nc(N)nc2c1. The predicted octanol–water partition coefficient (Wildman–Crippen LogP) is 3.13. The van der Waals surface area contributed by atoms with Crippen molar-refractivity contribution in [2.24, 2.45) is 5.92 Å². The lowest BCUT2D eigenvalue weighted by atomic mass is 9.98. The van der Waals surface area contributed by atoms with Crippen LogP contribution in [0.4, 0.5) is 16.6 Å². The van der Waals surface area contributed by atoms with E-state index in [9.17, 15) is 4.79 Å². The minimum Gasteiger partial charge on any atom is -0.492 e. The molecule has 152 valence electrons. The lowest BCUT2D eigenvalue weighted by Gasteiger charge is -2.33. The number of anilines is 2. The maximum Gasteiger partial charge on any atom is 0.410 e. The van der Waals surface area contributed by atoms with Gasteiger partial charge in [0, 0.05) is 13.1 Å². The summed E-state index contributed by atoms with van der Waals surface area (Å²) in [6.07, 6.45) is 1.48. The molecule has 1 aromatic heterocycles. The topological polar surface area (TPSA) is 117 Å². The number of benzene rings is 1. The quantitative estimate of drug-likeness (QED) is 0.831. The van der Waals surface area contributed by atoms with Crippen LogP contribution in [0.1, 0.15) is 39.2 Å². The molecule has 8 heteroatoms. The molecule has 3 rings (SSSR count). The van der Waals surface area contributed by atoms with Crippen LogP contribution in [-0.2, 0) is 4.74 Å². The van der Waals surface area contributed by atoms with Gasteiger partial charge in [0.15, 0.2) is 0 Å². The summed E-state index contributed by atoms with van der Waals surface area (Å²) in [7, 11) is 0. The van der Waals surface area contributed by atoms with Crippen molar-refractivity contribution in [2.75, 3.05) is 31.2 Å². The van der Waals surface area contributed by atoms with Gasteiger partial charge in [0.25, 0.3) is 0 Å². The zero-order valence-corrected chi connectivity index (χ0v) is 17.0.